The summed E-state index contributed by atoms with van der Waals surface area (Å²) in [4.78, 5) is 13.6. The van der Waals surface area contributed by atoms with Crippen molar-refractivity contribution in [2.75, 3.05) is 25.0 Å². The van der Waals surface area contributed by atoms with Crippen molar-refractivity contribution >= 4 is 27.5 Å². The van der Waals surface area contributed by atoms with Crippen LogP contribution in [0.1, 0.15) is 24.8 Å². The van der Waals surface area contributed by atoms with E-state index in [2.05, 4.69) is 32.2 Å². The number of halogens is 1. The Morgan fingerprint density at radius 2 is 2.38 bits per heavy atom. The predicted molar refractivity (Wildman–Crippen MR) is 83.9 cm³/mol. The number of benzene rings is 1. The molecule has 0 spiro atoms. The number of carbonyl (C=O) groups is 1. The minimum absolute atomic E-state index is 0.105. The number of aliphatic hydroxyl groups is 1. The highest BCUT2D eigenvalue weighted by Gasteiger charge is 2.35. The molecule has 0 radical (unpaired) electrons. The number of nitrogens with zero attached hydrogens (tertiary/aromatic N) is 2. The van der Waals surface area contributed by atoms with Gasteiger partial charge in [0.15, 0.2) is 0 Å². The Balaban J connectivity index is 2.18. The van der Waals surface area contributed by atoms with E-state index in [1.54, 1.807) is 19.2 Å². The van der Waals surface area contributed by atoms with Crippen molar-refractivity contribution in [3.05, 3.63) is 28.2 Å². The molecule has 1 aliphatic rings. The quantitative estimate of drug-likeness (QED) is 0.870. The summed E-state index contributed by atoms with van der Waals surface area (Å²) in [6.45, 7) is 1.23. The number of β-amino-alcohol motifs (C(OH)–C–C–N with tert-alkyl or cyclic N) is 1. The predicted octanol–water partition coefficient (Wildman–Crippen LogP) is 1.79. The van der Waals surface area contributed by atoms with Gasteiger partial charge in [0.1, 0.15) is 0 Å². The average Bonchev–Trinajstić information content (AvgIpc) is 2.46. The van der Waals surface area contributed by atoms with Crippen LogP contribution in [0.4, 0.5) is 5.69 Å². The van der Waals surface area contributed by atoms with Gasteiger partial charge in [0, 0.05) is 24.6 Å². The van der Waals surface area contributed by atoms with E-state index in [0.717, 1.165) is 23.1 Å². The van der Waals surface area contributed by atoms with Crippen molar-refractivity contribution in [1.29, 1.82) is 5.26 Å². The van der Waals surface area contributed by atoms with E-state index in [4.69, 9.17) is 5.26 Å². The molecule has 5 nitrogen and oxygen atoms in total. The first-order valence-corrected chi connectivity index (χ1v) is 7.64. The van der Waals surface area contributed by atoms with Crippen molar-refractivity contribution in [2.45, 2.75) is 24.9 Å². The van der Waals surface area contributed by atoms with Crippen LogP contribution in [0.15, 0.2) is 22.7 Å². The molecule has 1 aromatic rings. The molecule has 21 heavy (non-hydrogen) atoms. The van der Waals surface area contributed by atoms with Gasteiger partial charge in [0.05, 0.1) is 29.3 Å². The van der Waals surface area contributed by atoms with Crippen LogP contribution in [0.3, 0.4) is 0 Å². The smallest absolute Gasteiger partial charge is 0.222 e. The van der Waals surface area contributed by atoms with Gasteiger partial charge >= 0.3 is 0 Å². The maximum absolute atomic E-state index is 11.5. The third-order valence-electron chi connectivity index (χ3n) is 3.74. The maximum Gasteiger partial charge on any atom is 0.222 e. The third kappa shape index (κ3) is 3.74. The van der Waals surface area contributed by atoms with Crippen LogP contribution in [0.25, 0.3) is 0 Å². The molecule has 0 saturated carbocycles. The molecular weight excluding hydrogens is 334 g/mol. The number of amides is 1. The van der Waals surface area contributed by atoms with Crippen LogP contribution in [-0.4, -0.2) is 36.8 Å². The lowest BCUT2D eigenvalue weighted by Gasteiger charge is -2.40. The lowest BCUT2D eigenvalue weighted by Crippen LogP contribution is -2.50. The molecule has 1 unspecified atom stereocenters. The lowest BCUT2D eigenvalue weighted by molar-refractivity contribution is -0.125. The molecule has 1 atom stereocenters. The van der Waals surface area contributed by atoms with Crippen molar-refractivity contribution < 1.29 is 9.90 Å². The monoisotopic (exact) mass is 351 g/mol. The summed E-state index contributed by atoms with van der Waals surface area (Å²) in [5, 5.41) is 22.1. The zero-order chi connectivity index (χ0) is 15.5. The van der Waals surface area contributed by atoms with Crippen LogP contribution >= 0.6 is 15.9 Å². The average molecular weight is 352 g/mol. The molecule has 6 heteroatoms. The fourth-order valence-electron chi connectivity index (χ4n) is 2.68. The number of carbonyl (C=O) groups excluding carboxylic acids is 1. The number of hydrogen-bond acceptors (Lipinski definition) is 4. The van der Waals surface area contributed by atoms with Gasteiger partial charge in [-0.25, -0.2) is 0 Å². The van der Waals surface area contributed by atoms with Gasteiger partial charge in [-0.3, -0.25) is 4.79 Å². The Bertz CT molecular complexity index is 585. The topological polar surface area (TPSA) is 76.4 Å². The molecule has 1 heterocycles. The molecule has 2 rings (SSSR count). The number of nitriles is 1. The Hall–Kier alpha value is -1.58. The molecule has 2 N–H and O–H groups in total. The molecule has 0 bridgehead atoms. The number of anilines is 1. The van der Waals surface area contributed by atoms with Crippen molar-refractivity contribution in [2.24, 2.45) is 0 Å². The van der Waals surface area contributed by atoms with Crippen LogP contribution in [0.5, 0.6) is 0 Å². The number of hydrogen-bond donors (Lipinski definition) is 2. The van der Waals surface area contributed by atoms with E-state index in [-0.39, 0.29) is 12.3 Å². The van der Waals surface area contributed by atoms with E-state index in [1.165, 1.54) is 0 Å². The maximum atomic E-state index is 11.5. The van der Waals surface area contributed by atoms with E-state index >= 15 is 0 Å². The summed E-state index contributed by atoms with van der Waals surface area (Å²) >= 11 is 3.47. The van der Waals surface area contributed by atoms with Gasteiger partial charge in [0.2, 0.25) is 5.91 Å². The van der Waals surface area contributed by atoms with E-state index < -0.39 is 5.60 Å². The lowest BCUT2D eigenvalue weighted by atomic mass is 9.89. The van der Waals surface area contributed by atoms with E-state index in [0.29, 0.717) is 18.5 Å². The fraction of sp³-hybridized carbons (Fsp3) is 0.467. The first-order chi connectivity index (χ1) is 9.97. The van der Waals surface area contributed by atoms with Crippen molar-refractivity contribution in [3.8, 4) is 6.07 Å². The van der Waals surface area contributed by atoms with Crippen LogP contribution in [0, 0.1) is 11.3 Å². The van der Waals surface area contributed by atoms with E-state index in [9.17, 15) is 9.90 Å². The molecule has 0 aromatic heterocycles. The SMILES string of the molecule is CNC(=O)CC1(O)CCCN(c2ccc(C#N)cc2Br)C1. The van der Waals surface area contributed by atoms with Gasteiger partial charge in [0.25, 0.3) is 0 Å². The number of piperidine rings is 1. The molecule has 0 aliphatic carbocycles. The molecule has 112 valence electrons. The molecule has 1 saturated heterocycles. The summed E-state index contributed by atoms with van der Waals surface area (Å²) in [5.41, 5.74) is 0.512. The van der Waals surface area contributed by atoms with Crippen LogP contribution in [0.2, 0.25) is 0 Å². The third-order valence-corrected chi connectivity index (χ3v) is 4.38. The zero-order valence-corrected chi connectivity index (χ0v) is 13.5. The Morgan fingerprint density at radius 3 is 3.00 bits per heavy atom. The largest absolute Gasteiger partial charge is 0.388 e. The highest BCUT2D eigenvalue weighted by Crippen LogP contribution is 2.33. The molecular formula is C15H18BrN3O2. The second-order valence-electron chi connectivity index (χ2n) is 5.38. The van der Waals surface area contributed by atoms with Crippen LogP contribution < -0.4 is 10.2 Å². The highest BCUT2D eigenvalue weighted by molar-refractivity contribution is 9.10. The van der Waals surface area contributed by atoms with Gasteiger partial charge in [-0.1, -0.05) is 0 Å². The summed E-state index contributed by atoms with van der Waals surface area (Å²) in [6.07, 6.45) is 1.54. The van der Waals surface area contributed by atoms with Gasteiger partial charge in [-0.15, -0.1) is 0 Å². The first-order valence-electron chi connectivity index (χ1n) is 6.85. The fourth-order valence-corrected chi connectivity index (χ4v) is 3.31. The van der Waals surface area contributed by atoms with E-state index in [1.807, 2.05) is 6.07 Å². The highest BCUT2D eigenvalue weighted by atomic mass is 79.9. The van der Waals surface area contributed by atoms with Gasteiger partial charge < -0.3 is 15.3 Å². The van der Waals surface area contributed by atoms with Crippen molar-refractivity contribution in [3.63, 3.8) is 0 Å². The minimum atomic E-state index is -1.01. The Kier molecular flexibility index (Phi) is 4.86. The number of rotatable bonds is 3. The van der Waals surface area contributed by atoms with Gasteiger partial charge in [-0.2, -0.15) is 5.26 Å². The Labute approximate surface area is 132 Å². The first kappa shape index (κ1) is 15.8. The summed E-state index contributed by atoms with van der Waals surface area (Å²) in [6, 6.07) is 7.49. The van der Waals surface area contributed by atoms with Gasteiger partial charge in [-0.05, 0) is 47.0 Å². The van der Waals surface area contributed by atoms with Crippen LogP contribution in [-0.2, 0) is 4.79 Å². The second-order valence-corrected chi connectivity index (χ2v) is 6.23. The molecule has 1 amide bonds. The summed E-state index contributed by atoms with van der Waals surface area (Å²) < 4.78 is 0.825. The normalized spacial score (nSPS) is 21.7. The Morgan fingerprint density at radius 1 is 1.62 bits per heavy atom. The molecule has 1 aromatic carbocycles. The van der Waals surface area contributed by atoms with Crippen molar-refractivity contribution in [1.82, 2.24) is 5.32 Å². The molecule has 1 aliphatic heterocycles. The minimum Gasteiger partial charge on any atom is -0.388 e. The second kappa shape index (κ2) is 6.46. The summed E-state index contributed by atoms with van der Waals surface area (Å²) in [7, 11) is 1.57. The summed E-state index contributed by atoms with van der Waals surface area (Å²) in [5.74, 6) is -0.154. The zero-order valence-electron chi connectivity index (χ0n) is 11.9. The molecule has 1 fully saturated rings. The number of nitrogens with one attached hydrogen (secondary N) is 1. The standard InChI is InChI=1S/C15H18BrN3O2/c1-18-14(20)8-15(21)5-2-6-19(10-15)13-4-3-11(9-17)7-12(13)16/h3-4,7,21H,2,5-6,8,10H2,1H3,(H,18,20).